The number of nitrogens with two attached hydrogens (primary N) is 1. The van der Waals surface area contributed by atoms with Crippen molar-refractivity contribution < 1.29 is 9.47 Å². The van der Waals surface area contributed by atoms with Crippen molar-refractivity contribution in [2.75, 3.05) is 26.9 Å². The summed E-state index contributed by atoms with van der Waals surface area (Å²) in [6, 6.07) is 0. The molecule has 3 unspecified atom stereocenters. The molecule has 2 saturated carbocycles. The molecule has 0 aliphatic heterocycles. The molecule has 0 aromatic carbocycles. The maximum Gasteiger partial charge on any atom is 0.0700 e. The van der Waals surface area contributed by atoms with E-state index >= 15 is 0 Å². The first-order chi connectivity index (χ1) is 7.24. The zero-order valence-electron chi connectivity index (χ0n) is 9.71. The summed E-state index contributed by atoms with van der Waals surface area (Å²) in [5.41, 5.74) is 6.54. The minimum Gasteiger partial charge on any atom is -0.382 e. The highest BCUT2D eigenvalue weighted by atomic mass is 16.5. The van der Waals surface area contributed by atoms with Gasteiger partial charge in [-0.05, 0) is 37.5 Å². The third-order valence-corrected chi connectivity index (χ3v) is 4.17. The first-order valence-electron chi connectivity index (χ1n) is 6.10. The molecule has 0 aromatic heterocycles. The van der Waals surface area contributed by atoms with Crippen LogP contribution in [0.15, 0.2) is 0 Å². The fourth-order valence-electron chi connectivity index (χ4n) is 3.30. The maximum absolute atomic E-state index is 6.45. The molecule has 3 nitrogen and oxygen atoms in total. The average molecular weight is 213 g/mol. The predicted octanol–water partition coefficient (Wildman–Crippen LogP) is 1.56. The summed E-state index contributed by atoms with van der Waals surface area (Å²) in [6.07, 6.45) is 6.38. The number of fused-ring (bicyclic) bond motifs is 2. The van der Waals surface area contributed by atoms with E-state index in [1.165, 1.54) is 25.7 Å². The van der Waals surface area contributed by atoms with Crippen molar-refractivity contribution in [3.8, 4) is 0 Å². The van der Waals surface area contributed by atoms with E-state index < -0.39 is 0 Å². The zero-order valence-corrected chi connectivity index (χ0v) is 9.71. The molecule has 3 heteroatoms. The molecule has 2 bridgehead atoms. The van der Waals surface area contributed by atoms with Crippen LogP contribution >= 0.6 is 0 Å². The summed E-state index contributed by atoms with van der Waals surface area (Å²) in [4.78, 5) is 0. The van der Waals surface area contributed by atoms with E-state index in [1.54, 1.807) is 7.11 Å². The van der Waals surface area contributed by atoms with Crippen molar-refractivity contribution in [3.63, 3.8) is 0 Å². The number of ether oxygens (including phenoxy) is 2. The number of rotatable bonds is 6. The van der Waals surface area contributed by atoms with Gasteiger partial charge in [0.25, 0.3) is 0 Å². The summed E-state index contributed by atoms with van der Waals surface area (Å²) >= 11 is 0. The van der Waals surface area contributed by atoms with Gasteiger partial charge >= 0.3 is 0 Å². The summed E-state index contributed by atoms with van der Waals surface area (Å²) in [5.74, 6) is 1.69. The molecule has 88 valence electrons. The number of methoxy groups -OCH3 is 1. The van der Waals surface area contributed by atoms with Gasteiger partial charge in [0.15, 0.2) is 0 Å². The lowest BCUT2D eigenvalue weighted by atomic mass is 9.80. The molecule has 0 radical (unpaired) electrons. The molecule has 2 fully saturated rings. The van der Waals surface area contributed by atoms with Crippen LogP contribution in [0.2, 0.25) is 0 Å². The molecule has 0 amide bonds. The van der Waals surface area contributed by atoms with Crippen LogP contribution in [-0.4, -0.2) is 32.5 Å². The lowest BCUT2D eigenvalue weighted by molar-refractivity contribution is 0.0554. The van der Waals surface area contributed by atoms with Gasteiger partial charge in [-0.25, -0.2) is 0 Å². The second kappa shape index (κ2) is 4.81. The Balaban J connectivity index is 1.66. The van der Waals surface area contributed by atoms with Gasteiger partial charge in [-0.2, -0.15) is 0 Å². The van der Waals surface area contributed by atoms with Crippen LogP contribution in [0.1, 0.15) is 32.1 Å². The molecule has 0 heterocycles. The molecule has 3 atom stereocenters. The minimum atomic E-state index is 0.0932. The topological polar surface area (TPSA) is 44.5 Å². The Kier molecular flexibility index (Phi) is 3.65. The minimum absolute atomic E-state index is 0.0932. The predicted molar refractivity (Wildman–Crippen MR) is 59.7 cm³/mol. The van der Waals surface area contributed by atoms with Crippen LogP contribution in [0.25, 0.3) is 0 Å². The molecule has 0 aromatic rings. The lowest BCUT2D eigenvalue weighted by Crippen LogP contribution is -2.45. The SMILES string of the molecule is COCCOCCC1(N)CC2CCC1C2. The standard InChI is InChI=1S/C12H23NO2/c1-14-6-7-15-5-4-12(13)9-10-2-3-11(12)8-10/h10-11H,2-9,13H2,1H3. The van der Waals surface area contributed by atoms with Gasteiger partial charge < -0.3 is 15.2 Å². The van der Waals surface area contributed by atoms with E-state index in [4.69, 9.17) is 15.2 Å². The first-order valence-corrected chi connectivity index (χ1v) is 6.10. The number of hydrogen-bond acceptors (Lipinski definition) is 3. The van der Waals surface area contributed by atoms with Crippen molar-refractivity contribution in [3.05, 3.63) is 0 Å². The fourth-order valence-corrected chi connectivity index (χ4v) is 3.30. The van der Waals surface area contributed by atoms with Gasteiger partial charge in [-0.3, -0.25) is 0 Å². The van der Waals surface area contributed by atoms with Gasteiger partial charge in [-0.1, -0.05) is 6.42 Å². The van der Waals surface area contributed by atoms with Crippen LogP contribution in [0.3, 0.4) is 0 Å². The third kappa shape index (κ3) is 2.52. The summed E-state index contributed by atoms with van der Waals surface area (Å²) in [6.45, 7) is 2.17. The van der Waals surface area contributed by atoms with Crippen molar-refractivity contribution in [2.24, 2.45) is 17.6 Å². The molecule has 2 N–H and O–H groups in total. The molecule has 2 rings (SSSR count). The van der Waals surface area contributed by atoms with Gasteiger partial charge in [0.1, 0.15) is 0 Å². The van der Waals surface area contributed by atoms with Crippen molar-refractivity contribution >= 4 is 0 Å². The van der Waals surface area contributed by atoms with E-state index in [0.717, 1.165) is 24.9 Å². The highest BCUT2D eigenvalue weighted by Crippen LogP contribution is 2.50. The van der Waals surface area contributed by atoms with Gasteiger partial charge in [0.2, 0.25) is 0 Å². The van der Waals surface area contributed by atoms with Crippen LogP contribution in [0.4, 0.5) is 0 Å². The maximum atomic E-state index is 6.45. The summed E-state index contributed by atoms with van der Waals surface area (Å²) < 4.78 is 10.4. The highest BCUT2D eigenvalue weighted by Gasteiger charge is 2.47. The molecule has 2 aliphatic rings. The monoisotopic (exact) mass is 213 g/mol. The van der Waals surface area contributed by atoms with E-state index in [2.05, 4.69) is 0 Å². The molecular weight excluding hydrogens is 190 g/mol. The Bertz CT molecular complexity index is 210. The van der Waals surface area contributed by atoms with Crippen molar-refractivity contribution in [1.29, 1.82) is 0 Å². The van der Waals surface area contributed by atoms with E-state index in [9.17, 15) is 0 Å². The first kappa shape index (κ1) is 11.4. The van der Waals surface area contributed by atoms with E-state index in [-0.39, 0.29) is 5.54 Å². The normalized spacial score (nSPS) is 38.8. The largest absolute Gasteiger partial charge is 0.382 e. The van der Waals surface area contributed by atoms with Crippen molar-refractivity contribution in [1.82, 2.24) is 0 Å². The Labute approximate surface area is 92.3 Å². The summed E-state index contributed by atoms with van der Waals surface area (Å²) in [7, 11) is 1.70. The fraction of sp³-hybridized carbons (Fsp3) is 1.00. The van der Waals surface area contributed by atoms with Gasteiger partial charge in [0, 0.05) is 19.3 Å². The van der Waals surface area contributed by atoms with Crippen LogP contribution < -0.4 is 5.73 Å². The Morgan fingerprint density at radius 3 is 2.73 bits per heavy atom. The van der Waals surface area contributed by atoms with Crippen LogP contribution in [0.5, 0.6) is 0 Å². The highest BCUT2D eigenvalue weighted by molar-refractivity contribution is 5.04. The Hall–Kier alpha value is -0.120. The Morgan fingerprint density at radius 2 is 2.13 bits per heavy atom. The summed E-state index contributed by atoms with van der Waals surface area (Å²) in [5, 5.41) is 0. The molecular formula is C12H23NO2. The molecule has 15 heavy (non-hydrogen) atoms. The van der Waals surface area contributed by atoms with E-state index in [0.29, 0.717) is 13.2 Å². The van der Waals surface area contributed by atoms with Crippen molar-refractivity contribution in [2.45, 2.75) is 37.6 Å². The van der Waals surface area contributed by atoms with Crippen LogP contribution in [-0.2, 0) is 9.47 Å². The second-order valence-corrected chi connectivity index (χ2v) is 5.17. The van der Waals surface area contributed by atoms with E-state index in [1.807, 2.05) is 0 Å². The molecule has 0 saturated heterocycles. The molecule has 0 spiro atoms. The quantitative estimate of drug-likeness (QED) is 0.681. The van der Waals surface area contributed by atoms with Crippen LogP contribution in [0, 0.1) is 11.8 Å². The Morgan fingerprint density at radius 1 is 1.27 bits per heavy atom. The average Bonchev–Trinajstić information content (AvgIpc) is 2.77. The number of hydrogen-bond donors (Lipinski definition) is 1. The van der Waals surface area contributed by atoms with Gasteiger partial charge in [0.05, 0.1) is 13.2 Å². The lowest BCUT2D eigenvalue weighted by Gasteiger charge is -2.33. The molecule has 2 aliphatic carbocycles. The zero-order chi connectivity index (χ0) is 10.7. The smallest absolute Gasteiger partial charge is 0.0700 e. The van der Waals surface area contributed by atoms with Gasteiger partial charge in [-0.15, -0.1) is 0 Å². The third-order valence-electron chi connectivity index (χ3n) is 4.17. The second-order valence-electron chi connectivity index (χ2n) is 5.17.